The van der Waals surface area contributed by atoms with E-state index in [1.165, 1.54) is 11.1 Å². The number of amides is 2. The lowest BCUT2D eigenvalue weighted by atomic mass is 9.89. The van der Waals surface area contributed by atoms with Crippen LogP contribution in [-0.4, -0.2) is 66.4 Å². The van der Waals surface area contributed by atoms with Gasteiger partial charge in [-0.3, -0.25) is 9.59 Å². The van der Waals surface area contributed by atoms with Crippen molar-refractivity contribution in [1.29, 1.82) is 0 Å². The van der Waals surface area contributed by atoms with Gasteiger partial charge in [-0.25, -0.2) is 4.79 Å². The molecule has 3 aliphatic rings. The Morgan fingerprint density at radius 1 is 0.971 bits per heavy atom. The molecule has 2 bridgehead atoms. The Hall–Kier alpha value is -3.39. The third-order valence-electron chi connectivity index (χ3n) is 7.46. The zero-order chi connectivity index (χ0) is 24.4. The van der Waals surface area contributed by atoms with Gasteiger partial charge in [-0.05, 0) is 41.5 Å². The van der Waals surface area contributed by atoms with Gasteiger partial charge in [0.2, 0.25) is 5.91 Å². The molecule has 2 aliphatic heterocycles. The van der Waals surface area contributed by atoms with Crippen molar-refractivity contribution < 1.29 is 29.0 Å². The van der Waals surface area contributed by atoms with Crippen molar-refractivity contribution in [2.45, 2.75) is 43.7 Å². The summed E-state index contributed by atoms with van der Waals surface area (Å²) >= 11 is 0. The van der Waals surface area contributed by atoms with E-state index < -0.39 is 18.0 Å². The van der Waals surface area contributed by atoms with E-state index in [0.29, 0.717) is 6.42 Å². The molecular weight excluding hydrogens is 448 g/mol. The molecule has 2 N–H and O–H groups in total. The van der Waals surface area contributed by atoms with Gasteiger partial charge in [0.05, 0.1) is 25.6 Å². The number of nitrogens with zero attached hydrogens (tertiary/aromatic N) is 1. The summed E-state index contributed by atoms with van der Waals surface area (Å²) in [5.74, 6) is -1.30. The third kappa shape index (κ3) is 4.62. The monoisotopic (exact) mass is 478 g/mol. The van der Waals surface area contributed by atoms with Crippen molar-refractivity contribution in [3.05, 3.63) is 59.7 Å². The van der Waals surface area contributed by atoms with E-state index in [0.717, 1.165) is 24.0 Å². The van der Waals surface area contributed by atoms with Crippen molar-refractivity contribution in [1.82, 2.24) is 10.2 Å². The molecule has 1 aliphatic carbocycles. The normalized spacial score (nSPS) is 22.1. The summed E-state index contributed by atoms with van der Waals surface area (Å²) in [7, 11) is 0. The van der Waals surface area contributed by atoms with Crippen LogP contribution in [0.25, 0.3) is 11.1 Å². The van der Waals surface area contributed by atoms with Crippen LogP contribution in [0.2, 0.25) is 0 Å². The maximum atomic E-state index is 12.6. The number of ether oxygens (including phenoxy) is 2. The molecule has 0 unspecified atom stereocenters. The largest absolute Gasteiger partial charge is 0.481 e. The van der Waals surface area contributed by atoms with Crippen molar-refractivity contribution in [2.24, 2.45) is 5.92 Å². The van der Waals surface area contributed by atoms with Crippen molar-refractivity contribution in [3.8, 4) is 11.1 Å². The fourth-order valence-electron chi connectivity index (χ4n) is 5.91. The van der Waals surface area contributed by atoms with Crippen LogP contribution in [0.5, 0.6) is 0 Å². The van der Waals surface area contributed by atoms with Crippen LogP contribution in [0.3, 0.4) is 0 Å². The summed E-state index contributed by atoms with van der Waals surface area (Å²) in [5.41, 5.74) is 4.69. The lowest BCUT2D eigenvalue weighted by molar-refractivity contribution is -0.143. The standard InChI is InChI=1S/C27H30N2O6/c30-25(29-17-9-10-24(29)22(15-17)26(31)32)11-13-34-14-12-28-27(33)35-16-23-20-7-3-1-5-18(20)19-6-2-4-8-21(19)23/h1-8,17,22-24H,9-16H2,(H,28,33)(H,31,32)/t17-,22+,24+/m0/s1. The molecule has 5 rings (SSSR count). The number of nitrogens with one attached hydrogen (secondary N) is 1. The van der Waals surface area contributed by atoms with Gasteiger partial charge in [-0.15, -0.1) is 0 Å². The summed E-state index contributed by atoms with van der Waals surface area (Å²) < 4.78 is 11.0. The van der Waals surface area contributed by atoms with Gasteiger partial charge < -0.3 is 24.8 Å². The summed E-state index contributed by atoms with van der Waals surface area (Å²) in [6.07, 6.45) is 1.91. The zero-order valence-electron chi connectivity index (χ0n) is 19.5. The first-order valence-electron chi connectivity index (χ1n) is 12.2. The molecule has 0 aromatic heterocycles. The van der Waals surface area contributed by atoms with Gasteiger partial charge in [-0.1, -0.05) is 48.5 Å². The van der Waals surface area contributed by atoms with E-state index >= 15 is 0 Å². The van der Waals surface area contributed by atoms with Crippen LogP contribution in [-0.2, 0) is 19.1 Å². The quantitative estimate of drug-likeness (QED) is 0.536. The SMILES string of the molecule is O=C(NCCOCCC(=O)N1[C@H]2CC[C@@H]1[C@H](C(=O)O)C2)OCC1c2ccccc2-c2ccccc21. The number of hydrogen-bond acceptors (Lipinski definition) is 5. The molecule has 35 heavy (non-hydrogen) atoms. The molecule has 2 aromatic rings. The third-order valence-corrected chi connectivity index (χ3v) is 7.46. The number of carbonyl (C=O) groups is 3. The maximum Gasteiger partial charge on any atom is 0.407 e. The molecule has 2 saturated heterocycles. The number of hydrogen-bond donors (Lipinski definition) is 2. The number of carbonyl (C=O) groups excluding carboxylic acids is 2. The second-order valence-corrected chi connectivity index (χ2v) is 9.39. The number of rotatable bonds is 9. The van der Waals surface area contributed by atoms with Gasteiger partial charge in [-0.2, -0.15) is 0 Å². The van der Waals surface area contributed by atoms with Crippen LogP contribution in [0.1, 0.15) is 42.7 Å². The fraction of sp³-hybridized carbons (Fsp3) is 0.444. The Morgan fingerprint density at radius 3 is 2.31 bits per heavy atom. The van der Waals surface area contributed by atoms with E-state index in [1.807, 2.05) is 24.3 Å². The first kappa shape index (κ1) is 23.4. The Bertz CT molecular complexity index is 1070. The minimum atomic E-state index is -0.814. The summed E-state index contributed by atoms with van der Waals surface area (Å²) in [5, 5.41) is 12.0. The average molecular weight is 479 g/mol. The van der Waals surface area contributed by atoms with E-state index in [9.17, 15) is 19.5 Å². The molecule has 2 aromatic carbocycles. The van der Waals surface area contributed by atoms with Crippen LogP contribution in [0.15, 0.2) is 48.5 Å². The lowest BCUT2D eigenvalue weighted by Gasteiger charge is -2.23. The highest BCUT2D eigenvalue weighted by atomic mass is 16.5. The van der Waals surface area contributed by atoms with Gasteiger partial charge in [0.15, 0.2) is 0 Å². The van der Waals surface area contributed by atoms with Crippen LogP contribution in [0.4, 0.5) is 4.79 Å². The summed E-state index contributed by atoms with van der Waals surface area (Å²) in [6.45, 7) is 1.03. The highest BCUT2D eigenvalue weighted by Crippen LogP contribution is 2.44. The molecule has 3 atom stereocenters. The second kappa shape index (κ2) is 10.1. The first-order valence-corrected chi connectivity index (χ1v) is 12.2. The van der Waals surface area contributed by atoms with Gasteiger partial charge >= 0.3 is 12.1 Å². The smallest absolute Gasteiger partial charge is 0.407 e. The van der Waals surface area contributed by atoms with Crippen LogP contribution < -0.4 is 5.32 Å². The average Bonchev–Trinajstić information content (AvgIpc) is 3.54. The topological polar surface area (TPSA) is 105 Å². The van der Waals surface area contributed by atoms with Crippen molar-refractivity contribution in [2.75, 3.05) is 26.4 Å². The second-order valence-electron chi connectivity index (χ2n) is 9.39. The number of carboxylic acids is 1. The molecule has 8 heteroatoms. The molecule has 0 saturated carbocycles. The number of aliphatic carboxylic acids is 1. The van der Waals surface area contributed by atoms with Gasteiger partial charge in [0.1, 0.15) is 6.61 Å². The molecule has 8 nitrogen and oxygen atoms in total. The molecule has 2 fully saturated rings. The van der Waals surface area contributed by atoms with Crippen molar-refractivity contribution >= 4 is 18.0 Å². The number of carboxylic acid groups (broad SMARTS) is 1. The number of fused-ring (bicyclic) bond motifs is 5. The highest BCUT2D eigenvalue weighted by Gasteiger charge is 2.50. The van der Waals surface area contributed by atoms with Gasteiger partial charge in [0.25, 0.3) is 0 Å². The summed E-state index contributed by atoms with van der Waals surface area (Å²) in [6, 6.07) is 16.2. The Balaban J connectivity index is 1.01. The Kier molecular flexibility index (Phi) is 6.72. The number of alkyl carbamates (subject to hydrolysis) is 1. The maximum absolute atomic E-state index is 12.6. The van der Waals surface area contributed by atoms with E-state index in [4.69, 9.17) is 9.47 Å². The zero-order valence-corrected chi connectivity index (χ0v) is 19.5. The number of benzene rings is 2. The minimum Gasteiger partial charge on any atom is -0.481 e. The minimum absolute atomic E-state index is 0.0111. The van der Waals surface area contributed by atoms with E-state index in [-0.39, 0.29) is 56.7 Å². The van der Waals surface area contributed by atoms with Crippen LogP contribution >= 0.6 is 0 Å². The molecule has 2 heterocycles. The van der Waals surface area contributed by atoms with E-state index in [2.05, 4.69) is 29.6 Å². The lowest BCUT2D eigenvalue weighted by Crippen LogP contribution is -2.38. The predicted molar refractivity (Wildman–Crippen MR) is 128 cm³/mol. The molecule has 0 radical (unpaired) electrons. The highest BCUT2D eigenvalue weighted by molar-refractivity contribution is 5.81. The Morgan fingerprint density at radius 2 is 1.66 bits per heavy atom. The summed E-state index contributed by atoms with van der Waals surface area (Å²) in [4.78, 5) is 37.9. The van der Waals surface area contributed by atoms with Gasteiger partial charge in [0, 0.05) is 24.5 Å². The van der Waals surface area contributed by atoms with Crippen LogP contribution in [0, 0.1) is 5.92 Å². The molecule has 184 valence electrons. The first-order chi connectivity index (χ1) is 17.0. The van der Waals surface area contributed by atoms with E-state index in [1.54, 1.807) is 4.90 Å². The molecular formula is C27H30N2O6. The predicted octanol–water partition coefficient (Wildman–Crippen LogP) is 3.40. The molecule has 0 spiro atoms. The Labute approximate surface area is 204 Å². The molecule has 2 amide bonds. The van der Waals surface area contributed by atoms with Crippen molar-refractivity contribution in [3.63, 3.8) is 0 Å². The fourth-order valence-corrected chi connectivity index (χ4v) is 5.91.